The first-order valence-corrected chi connectivity index (χ1v) is 7.60. The van der Waals surface area contributed by atoms with Crippen molar-refractivity contribution in [2.75, 3.05) is 0 Å². The highest BCUT2D eigenvalue weighted by Crippen LogP contribution is 2.16. The van der Waals surface area contributed by atoms with Crippen molar-refractivity contribution in [2.45, 2.75) is 0 Å². The van der Waals surface area contributed by atoms with Crippen LogP contribution in [0.2, 0.25) is 0 Å². The van der Waals surface area contributed by atoms with Crippen molar-refractivity contribution in [1.29, 1.82) is 0 Å². The summed E-state index contributed by atoms with van der Waals surface area (Å²) in [5.74, 6) is -0.274. The van der Waals surface area contributed by atoms with Gasteiger partial charge >= 0.3 is 0 Å². The van der Waals surface area contributed by atoms with Gasteiger partial charge in [0.2, 0.25) is 4.80 Å². The summed E-state index contributed by atoms with van der Waals surface area (Å²) in [7, 11) is 0. The van der Waals surface area contributed by atoms with E-state index in [1.807, 2.05) is 58.4 Å². The number of carbonyl (C=O) groups excluding carboxylic acids is 1. The lowest BCUT2D eigenvalue weighted by atomic mass is 10.2. The van der Waals surface area contributed by atoms with Gasteiger partial charge in [0.25, 0.3) is 5.91 Å². The highest BCUT2D eigenvalue weighted by molar-refractivity contribution is 7.04. The molecule has 0 spiro atoms. The van der Waals surface area contributed by atoms with Gasteiger partial charge in [0.1, 0.15) is 5.65 Å². The Kier molecular flexibility index (Phi) is 3.05. The van der Waals surface area contributed by atoms with Crippen LogP contribution in [0.3, 0.4) is 0 Å². The van der Waals surface area contributed by atoms with Gasteiger partial charge in [0.15, 0.2) is 0 Å². The van der Waals surface area contributed by atoms with Crippen molar-refractivity contribution in [1.82, 2.24) is 8.77 Å². The Morgan fingerprint density at radius 2 is 1.73 bits per heavy atom. The van der Waals surface area contributed by atoms with Gasteiger partial charge in [0.05, 0.1) is 5.52 Å². The maximum Gasteiger partial charge on any atom is 0.279 e. The summed E-state index contributed by atoms with van der Waals surface area (Å²) in [5.41, 5.74) is 2.42. The molecule has 0 atom stereocenters. The highest BCUT2D eigenvalue weighted by Gasteiger charge is 2.06. The van der Waals surface area contributed by atoms with Gasteiger partial charge in [-0.1, -0.05) is 36.4 Å². The molecule has 5 heteroatoms. The van der Waals surface area contributed by atoms with Crippen LogP contribution in [0.1, 0.15) is 10.4 Å². The Hall–Kier alpha value is -2.79. The number of aromatic nitrogens is 2. The van der Waals surface area contributed by atoms with Crippen molar-refractivity contribution >= 4 is 34.0 Å². The zero-order valence-corrected chi connectivity index (χ0v) is 12.3. The maximum absolute atomic E-state index is 12.1. The minimum atomic E-state index is -0.274. The van der Waals surface area contributed by atoms with Crippen molar-refractivity contribution in [3.8, 4) is 0 Å². The lowest BCUT2D eigenvalue weighted by Crippen LogP contribution is -2.04. The van der Waals surface area contributed by atoms with Crippen LogP contribution in [-0.4, -0.2) is 14.7 Å². The molecule has 22 heavy (non-hydrogen) atoms. The molecular weight excluding hydrogens is 294 g/mol. The topological polar surface area (TPSA) is 46.7 Å². The molecule has 4 aromatic rings. The van der Waals surface area contributed by atoms with Gasteiger partial charge in [-0.25, -0.2) is 3.79 Å². The molecule has 2 aromatic carbocycles. The minimum absolute atomic E-state index is 0.274. The first-order chi connectivity index (χ1) is 10.8. The molecular formula is C17H11N3OS. The summed E-state index contributed by atoms with van der Waals surface area (Å²) in [5, 5.41) is 1.13. The molecule has 0 N–H and O–H groups in total. The summed E-state index contributed by atoms with van der Waals surface area (Å²) >= 11 is 1.37. The number of amides is 1. The number of benzene rings is 2. The Labute approximate surface area is 130 Å². The Morgan fingerprint density at radius 1 is 0.955 bits per heavy atom. The van der Waals surface area contributed by atoms with Crippen LogP contribution < -0.4 is 4.80 Å². The molecule has 0 aliphatic carbocycles. The van der Waals surface area contributed by atoms with Crippen molar-refractivity contribution < 1.29 is 4.79 Å². The molecule has 0 aliphatic rings. The number of rotatable bonds is 1. The minimum Gasteiger partial charge on any atom is -0.267 e. The largest absolute Gasteiger partial charge is 0.279 e. The third-order valence-corrected chi connectivity index (χ3v) is 4.29. The second-order valence-corrected chi connectivity index (χ2v) is 5.73. The molecule has 106 valence electrons. The number of pyridine rings is 1. The predicted molar refractivity (Wildman–Crippen MR) is 86.9 cm³/mol. The second kappa shape index (κ2) is 5.20. The lowest BCUT2D eigenvalue weighted by Gasteiger charge is -1.98. The van der Waals surface area contributed by atoms with Crippen LogP contribution in [0.5, 0.6) is 0 Å². The third-order valence-electron chi connectivity index (χ3n) is 3.38. The molecule has 2 aromatic heterocycles. The molecule has 0 unspecified atom stereocenters. The first-order valence-electron chi connectivity index (χ1n) is 6.83. The fraction of sp³-hybridized carbons (Fsp3) is 0. The molecule has 1 amide bonds. The Bertz CT molecular complexity index is 1050. The molecule has 2 heterocycles. The number of hydrogen-bond donors (Lipinski definition) is 0. The summed E-state index contributed by atoms with van der Waals surface area (Å²) in [4.78, 5) is 21.2. The summed E-state index contributed by atoms with van der Waals surface area (Å²) < 4.78 is 1.99. The van der Waals surface area contributed by atoms with E-state index in [1.165, 1.54) is 11.5 Å². The number of carbonyl (C=O) groups is 1. The van der Waals surface area contributed by atoms with E-state index in [2.05, 4.69) is 9.98 Å². The van der Waals surface area contributed by atoms with E-state index in [1.54, 1.807) is 12.1 Å². The smallest absolute Gasteiger partial charge is 0.267 e. The number of nitrogens with zero attached hydrogens (tertiary/aromatic N) is 3. The average molecular weight is 305 g/mol. The molecule has 4 rings (SSSR count). The van der Waals surface area contributed by atoms with Crippen molar-refractivity contribution in [2.24, 2.45) is 4.99 Å². The zero-order chi connectivity index (χ0) is 14.9. The van der Waals surface area contributed by atoms with Crippen LogP contribution in [0, 0.1) is 0 Å². The van der Waals surface area contributed by atoms with Gasteiger partial charge in [-0.3, -0.25) is 4.79 Å². The van der Waals surface area contributed by atoms with Crippen molar-refractivity contribution in [3.63, 3.8) is 0 Å². The molecule has 0 saturated carbocycles. The third kappa shape index (κ3) is 2.21. The monoisotopic (exact) mass is 305 g/mol. The summed E-state index contributed by atoms with van der Waals surface area (Å²) in [6, 6.07) is 21.0. The van der Waals surface area contributed by atoms with Gasteiger partial charge in [-0.2, -0.15) is 9.98 Å². The van der Waals surface area contributed by atoms with E-state index in [-0.39, 0.29) is 5.91 Å². The van der Waals surface area contributed by atoms with Gasteiger partial charge in [-0.05, 0) is 47.3 Å². The van der Waals surface area contributed by atoms with E-state index < -0.39 is 0 Å². The zero-order valence-electron chi connectivity index (χ0n) is 11.5. The van der Waals surface area contributed by atoms with E-state index in [0.717, 1.165) is 16.6 Å². The molecule has 0 bridgehead atoms. The van der Waals surface area contributed by atoms with Crippen LogP contribution in [0.25, 0.3) is 16.6 Å². The fourth-order valence-electron chi connectivity index (χ4n) is 2.33. The van der Waals surface area contributed by atoms with Crippen LogP contribution >= 0.6 is 11.5 Å². The standard InChI is InChI=1S/C17H11N3OS/c21-16(13-7-2-1-3-8-13)19-17-18-15-11-10-12-6-4-5-9-14(12)20(15)22-17/h1-11H. The predicted octanol–water partition coefficient (Wildman–Crippen LogP) is 3.29. The maximum atomic E-state index is 12.1. The normalized spacial score (nSPS) is 12.1. The number of hydrogen-bond acceptors (Lipinski definition) is 3. The van der Waals surface area contributed by atoms with Crippen LogP contribution in [0.4, 0.5) is 0 Å². The summed E-state index contributed by atoms with van der Waals surface area (Å²) in [6.45, 7) is 0. The lowest BCUT2D eigenvalue weighted by molar-refractivity contribution is 0.0998. The molecule has 4 nitrogen and oxygen atoms in total. The van der Waals surface area contributed by atoms with E-state index in [9.17, 15) is 4.79 Å². The average Bonchev–Trinajstić information content (AvgIpc) is 2.98. The Balaban J connectivity index is 1.88. The highest BCUT2D eigenvalue weighted by atomic mass is 32.1. The number of fused-ring (bicyclic) bond motifs is 3. The van der Waals surface area contributed by atoms with Gasteiger partial charge in [-0.15, -0.1) is 0 Å². The van der Waals surface area contributed by atoms with E-state index in [0.29, 0.717) is 10.4 Å². The van der Waals surface area contributed by atoms with Crippen LogP contribution in [0.15, 0.2) is 71.7 Å². The number of para-hydroxylation sites is 1. The quantitative estimate of drug-likeness (QED) is 0.542. The Morgan fingerprint density at radius 3 is 2.59 bits per heavy atom. The van der Waals surface area contributed by atoms with Gasteiger partial charge < -0.3 is 0 Å². The molecule has 0 saturated heterocycles. The fourth-order valence-corrected chi connectivity index (χ4v) is 3.21. The molecule has 0 radical (unpaired) electrons. The second-order valence-electron chi connectivity index (χ2n) is 4.81. The van der Waals surface area contributed by atoms with Gasteiger partial charge in [0, 0.05) is 5.56 Å². The summed E-state index contributed by atoms with van der Waals surface area (Å²) in [6.07, 6.45) is 0. The van der Waals surface area contributed by atoms with Crippen molar-refractivity contribution in [3.05, 3.63) is 77.1 Å². The molecule has 0 aliphatic heterocycles. The first kappa shape index (κ1) is 12.9. The van der Waals surface area contributed by atoms with Crippen LogP contribution in [-0.2, 0) is 0 Å². The molecule has 0 fully saturated rings. The van der Waals surface area contributed by atoms with E-state index in [4.69, 9.17) is 0 Å². The SMILES string of the molecule is O=C(N=c1nc2ccc3ccccc3n2s1)c1ccccc1. The van der Waals surface area contributed by atoms with E-state index >= 15 is 0 Å².